The fourth-order valence-corrected chi connectivity index (χ4v) is 3.29. The highest BCUT2D eigenvalue weighted by molar-refractivity contribution is 6.30. The summed E-state index contributed by atoms with van der Waals surface area (Å²) in [5.41, 5.74) is 8.93. The Bertz CT molecular complexity index is 1350. The van der Waals surface area contributed by atoms with Crippen LogP contribution >= 0.6 is 11.6 Å². The van der Waals surface area contributed by atoms with Gasteiger partial charge < -0.3 is 0 Å². The number of hydrogen-bond acceptors (Lipinski definition) is 5. The van der Waals surface area contributed by atoms with E-state index in [0.717, 1.165) is 16.6 Å². The summed E-state index contributed by atoms with van der Waals surface area (Å²) in [6, 6.07) is 26.2. The summed E-state index contributed by atoms with van der Waals surface area (Å²) in [4.78, 5) is 17.4. The van der Waals surface area contributed by atoms with Crippen LogP contribution < -0.4 is 10.9 Å². The van der Waals surface area contributed by atoms with Crippen molar-refractivity contribution in [2.45, 2.75) is 0 Å². The molecular formula is C26H20ClN5O. The Kier molecular flexibility index (Phi) is 7.20. The van der Waals surface area contributed by atoms with Gasteiger partial charge in [0.1, 0.15) is 0 Å². The first-order valence-electron chi connectivity index (χ1n) is 10.2. The Balaban J connectivity index is 1.49. The minimum absolute atomic E-state index is 0.338. The maximum atomic E-state index is 12.8. The van der Waals surface area contributed by atoms with E-state index in [9.17, 15) is 4.79 Å². The first kappa shape index (κ1) is 21.9. The van der Waals surface area contributed by atoms with E-state index in [1.54, 1.807) is 30.5 Å². The van der Waals surface area contributed by atoms with E-state index in [0.29, 0.717) is 21.8 Å². The smallest absolute Gasteiger partial charge is 0.272 e. The van der Waals surface area contributed by atoms with Gasteiger partial charge in [-0.05, 0) is 42.0 Å². The molecule has 1 amide bonds. The van der Waals surface area contributed by atoms with E-state index in [2.05, 4.69) is 26.0 Å². The molecule has 0 atom stereocenters. The average molecular weight is 454 g/mol. The lowest BCUT2D eigenvalue weighted by Gasteiger charge is -2.06. The lowest BCUT2D eigenvalue weighted by Crippen LogP contribution is -2.18. The molecule has 0 radical (unpaired) electrons. The van der Waals surface area contributed by atoms with Crippen LogP contribution in [0.1, 0.15) is 21.6 Å². The van der Waals surface area contributed by atoms with Crippen molar-refractivity contribution in [3.63, 3.8) is 0 Å². The van der Waals surface area contributed by atoms with Gasteiger partial charge in [0, 0.05) is 16.6 Å². The standard InChI is InChI=1S/C26H20ClN5O/c27-20-11-6-12-21(16-20)31-29-18-22-17-24(23-13-4-5-14-25(23)30-22)26(33)32-28-15-7-10-19-8-2-1-3-9-19/h1-18,31H,(H,32,33)/b10-7+,28-15+,29-18+. The Morgan fingerprint density at radius 1 is 0.909 bits per heavy atom. The van der Waals surface area contributed by atoms with Crippen LogP contribution in [0, 0.1) is 0 Å². The number of rotatable bonds is 7. The summed E-state index contributed by atoms with van der Waals surface area (Å²) in [5, 5.41) is 9.56. The van der Waals surface area contributed by atoms with Gasteiger partial charge in [0.25, 0.3) is 5.91 Å². The molecular weight excluding hydrogens is 434 g/mol. The van der Waals surface area contributed by atoms with Gasteiger partial charge >= 0.3 is 0 Å². The number of nitrogens with zero attached hydrogens (tertiary/aromatic N) is 3. The topological polar surface area (TPSA) is 78.7 Å². The number of amides is 1. The molecule has 7 heteroatoms. The number of hydrogen-bond donors (Lipinski definition) is 2. The van der Waals surface area contributed by atoms with Gasteiger partial charge in [-0.25, -0.2) is 10.4 Å². The number of allylic oxidation sites excluding steroid dienone is 1. The van der Waals surface area contributed by atoms with E-state index in [4.69, 9.17) is 11.6 Å². The monoisotopic (exact) mass is 453 g/mol. The molecule has 0 fully saturated rings. The molecule has 0 aliphatic carbocycles. The van der Waals surface area contributed by atoms with Crippen molar-refractivity contribution in [2.24, 2.45) is 10.2 Å². The summed E-state index contributed by atoms with van der Waals surface area (Å²) in [5.74, 6) is -0.338. The van der Waals surface area contributed by atoms with Gasteiger partial charge in [0.2, 0.25) is 0 Å². The zero-order valence-electron chi connectivity index (χ0n) is 17.5. The molecule has 33 heavy (non-hydrogen) atoms. The third-order valence-electron chi connectivity index (χ3n) is 4.61. The maximum absolute atomic E-state index is 12.8. The van der Waals surface area contributed by atoms with Crippen LogP contribution in [0.25, 0.3) is 17.0 Å². The second-order valence-electron chi connectivity index (χ2n) is 6.98. The third kappa shape index (κ3) is 6.12. The van der Waals surface area contributed by atoms with Crippen molar-refractivity contribution in [1.29, 1.82) is 0 Å². The number of anilines is 1. The zero-order valence-corrected chi connectivity index (χ0v) is 18.3. The van der Waals surface area contributed by atoms with E-state index in [1.165, 1.54) is 6.21 Å². The van der Waals surface area contributed by atoms with Crippen LogP contribution in [-0.2, 0) is 0 Å². The molecule has 1 aromatic heterocycles. The molecule has 4 aromatic rings. The normalized spacial score (nSPS) is 11.5. The SMILES string of the molecule is O=C(N/N=C/C=C/c1ccccc1)c1cc(/C=N/Nc2cccc(Cl)c2)nc2ccccc12. The van der Waals surface area contributed by atoms with Crippen LogP contribution in [0.15, 0.2) is 101 Å². The second-order valence-corrected chi connectivity index (χ2v) is 7.42. The molecule has 0 aliphatic rings. The number of carbonyl (C=O) groups is 1. The fourth-order valence-electron chi connectivity index (χ4n) is 3.10. The molecule has 162 valence electrons. The fraction of sp³-hybridized carbons (Fsp3) is 0. The van der Waals surface area contributed by atoms with Crippen LogP contribution in [0.4, 0.5) is 5.69 Å². The highest BCUT2D eigenvalue weighted by Gasteiger charge is 2.11. The van der Waals surface area contributed by atoms with Gasteiger partial charge in [0.15, 0.2) is 0 Å². The van der Waals surface area contributed by atoms with Crippen LogP contribution in [0.3, 0.4) is 0 Å². The van der Waals surface area contributed by atoms with E-state index in [1.807, 2.05) is 72.8 Å². The molecule has 3 aromatic carbocycles. The second kappa shape index (κ2) is 10.8. The largest absolute Gasteiger partial charge is 0.278 e. The Hall–Kier alpha value is -4.29. The molecule has 4 rings (SSSR count). The summed E-state index contributed by atoms with van der Waals surface area (Å²) >= 11 is 5.99. The molecule has 0 saturated heterocycles. The van der Waals surface area contributed by atoms with Crippen molar-refractivity contribution in [3.8, 4) is 0 Å². The minimum atomic E-state index is -0.338. The Morgan fingerprint density at radius 3 is 2.58 bits per heavy atom. The number of nitrogens with one attached hydrogen (secondary N) is 2. The van der Waals surface area contributed by atoms with Crippen LogP contribution in [0.2, 0.25) is 5.02 Å². The lowest BCUT2D eigenvalue weighted by atomic mass is 10.1. The number of fused-ring (bicyclic) bond motifs is 1. The van der Waals surface area contributed by atoms with Gasteiger partial charge in [-0.1, -0.05) is 72.3 Å². The summed E-state index contributed by atoms with van der Waals surface area (Å²) in [6.07, 6.45) is 6.75. The first-order valence-corrected chi connectivity index (χ1v) is 10.6. The van der Waals surface area contributed by atoms with E-state index >= 15 is 0 Å². The van der Waals surface area contributed by atoms with Crippen molar-refractivity contribution >= 4 is 52.6 Å². The minimum Gasteiger partial charge on any atom is -0.278 e. The van der Waals surface area contributed by atoms with Gasteiger partial charge in [-0.15, -0.1) is 0 Å². The van der Waals surface area contributed by atoms with E-state index in [-0.39, 0.29) is 5.91 Å². The summed E-state index contributed by atoms with van der Waals surface area (Å²) in [7, 11) is 0. The molecule has 2 N–H and O–H groups in total. The Labute approximate surface area is 196 Å². The van der Waals surface area contributed by atoms with Gasteiger partial charge in [-0.3, -0.25) is 10.2 Å². The van der Waals surface area contributed by atoms with E-state index < -0.39 is 0 Å². The highest BCUT2D eigenvalue weighted by Crippen LogP contribution is 2.18. The highest BCUT2D eigenvalue weighted by atomic mass is 35.5. The van der Waals surface area contributed by atoms with Crippen molar-refractivity contribution in [1.82, 2.24) is 10.4 Å². The number of para-hydroxylation sites is 1. The number of aromatic nitrogens is 1. The third-order valence-corrected chi connectivity index (χ3v) is 4.85. The van der Waals surface area contributed by atoms with Gasteiger partial charge in [0.05, 0.1) is 28.7 Å². The number of benzene rings is 3. The Morgan fingerprint density at radius 2 is 1.73 bits per heavy atom. The quantitative estimate of drug-likeness (QED) is 0.275. The summed E-state index contributed by atoms with van der Waals surface area (Å²) in [6.45, 7) is 0. The molecule has 0 spiro atoms. The van der Waals surface area contributed by atoms with Crippen LogP contribution in [0.5, 0.6) is 0 Å². The predicted octanol–water partition coefficient (Wildman–Crippen LogP) is 5.76. The molecule has 6 nitrogen and oxygen atoms in total. The number of pyridine rings is 1. The first-order chi connectivity index (χ1) is 16.2. The van der Waals surface area contributed by atoms with Crippen LogP contribution in [-0.4, -0.2) is 23.3 Å². The zero-order chi connectivity index (χ0) is 22.9. The molecule has 0 saturated carbocycles. The molecule has 0 aliphatic heterocycles. The average Bonchev–Trinajstić information content (AvgIpc) is 2.84. The number of hydrazone groups is 2. The number of halogens is 1. The van der Waals surface area contributed by atoms with Crippen molar-refractivity contribution in [2.75, 3.05) is 5.43 Å². The molecule has 0 unspecified atom stereocenters. The lowest BCUT2D eigenvalue weighted by molar-refractivity contribution is 0.0956. The molecule has 1 heterocycles. The predicted molar refractivity (Wildman–Crippen MR) is 136 cm³/mol. The number of carbonyl (C=O) groups excluding carboxylic acids is 1. The maximum Gasteiger partial charge on any atom is 0.272 e. The summed E-state index contributed by atoms with van der Waals surface area (Å²) < 4.78 is 0. The van der Waals surface area contributed by atoms with Gasteiger partial charge in [-0.2, -0.15) is 10.2 Å². The molecule has 0 bridgehead atoms. The van der Waals surface area contributed by atoms with Crippen molar-refractivity contribution in [3.05, 3.63) is 113 Å². The van der Waals surface area contributed by atoms with Crippen molar-refractivity contribution < 1.29 is 4.79 Å².